The summed E-state index contributed by atoms with van der Waals surface area (Å²) in [7, 11) is -4.68. The summed E-state index contributed by atoms with van der Waals surface area (Å²) in [6.07, 6.45) is 0. The summed E-state index contributed by atoms with van der Waals surface area (Å²) in [6.45, 7) is 0. The van der Waals surface area contributed by atoms with Crippen molar-refractivity contribution in [1.29, 1.82) is 0 Å². The van der Waals surface area contributed by atoms with E-state index in [1.54, 1.807) is 48.5 Å². The van der Waals surface area contributed by atoms with Crippen molar-refractivity contribution in [3.05, 3.63) is 77.2 Å². The van der Waals surface area contributed by atoms with Crippen molar-refractivity contribution in [3.63, 3.8) is 0 Å². The van der Waals surface area contributed by atoms with Crippen LogP contribution in [0.15, 0.2) is 66.1 Å². The van der Waals surface area contributed by atoms with Crippen molar-refractivity contribution in [3.8, 4) is 0 Å². The minimum Gasteiger partial charge on any atom is -0.190 e. The van der Waals surface area contributed by atoms with Gasteiger partial charge in [0.05, 0.1) is 5.41 Å². The zero-order valence-electron chi connectivity index (χ0n) is 9.45. The van der Waals surface area contributed by atoms with Crippen LogP contribution in [0.2, 0.25) is 0 Å². The second-order valence-corrected chi connectivity index (χ2v) is 4.93. The molecule has 2 nitrogen and oxygen atoms in total. The summed E-state index contributed by atoms with van der Waals surface area (Å²) in [5.74, 6) is 0. The zero-order valence-corrected chi connectivity index (χ0v) is 10.3. The largest absolute Gasteiger partial charge is 0.325 e. The van der Waals surface area contributed by atoms with Crippen LogP contribution in [0.1, 0.15) is 11.1 Å². The van der Waals surface area contributed by atoms with Crippen LogP contribution < -0.4 is 0 Å². The Hall–Kier alpha value is -1.94. The molecule has 0 N–H and O–H groups in total. The van der Waals surface area contributed by atoms with Crippen LogP contribution in [-0.2, 0) is 10.2 Å². The van der Waals surface area contributed by atoms with Gasteiger partial charge in [-0.1, -0.05) is 60.7 Å². The number of hydrogen-bond acceptors (Lipinski definition) is 2. The van der Waals surface area contributed by atoms with E-state index >= 15 is 0 Å². The number of benzene rings is 2. The predicted molar refractivity (Wildman–Crippen MR) is 70.0 cm³/mol. The Bertz CT molecular complexity index is 605. The molecule has 0 saturated carbocycles. The molecule has 0 aromatic heterocycles. The normalized spacial score (nSPS) is 10.9. The van der Waals surface area contributed by atoms with Gasteiger partial charge in [0.25, 0.3) is 0 Å². The van der Waals surface area contributed by atoms with E-state index in [1.807, 2.05) is 12.1 Å². The minimum atomic E-state index is -4.68. The molecule has 2 aromatic rings. The molecule has 0 spiro atoms. The predicted octanol–water partition coefficient (Wildman–Crippen LogP) is 3.38. The van der Waals surface area contributed by atoms with Gasteiger partial charge < -0.3 is 0 Å². The average molecular weight is 262 g/mol. The summed E-state index contributed by atoms with van der Waals surface area (Å²) >= 11 is 0. The summed E-state index contributed by atoms with van der Waals surface area (Å²) < 4.78 is 34.6. The minimum absolute atomic E-state index is 0.346. The van der Waals surface area contributed by atoms with Crippen molar-refractivity contribution >= 4 is 15.8 Å². The highest BCUT2D eigenvalue weighted by molar-refractivity contribution is 7.89. The molecule has 0 saturated heterocycles. The number of halogens is 1. The summed E-state index contributed by atoms with van der Waals surface area (Å²) in [4.78, 5) is 0. The van der Waals surface area contributed by atoms with Crippen LogP contribution in [0.4, 0.5) is 3.89 Å². The first-order valence-electron chi connectivity index (χ1n) is 5.33. The maximum atomic E-state index is 12.9. The molecular formula is C14H11FO2S. The van der Waals surface area contributed by atoms with Crippen LogP contribution in [0.25, 0.3) is 5.57 Å². The SMILES string of the molecule is O=S(=O)(F)C=C(c1ccccc1)c1ccccc1. The first-order chi connectivity index (χ1) is 8.56. The molecule has 4 heteroatoms. The van der Waals surface area contributed by atoms with E-state index < -0.39 is 10.2 Å². The third kappa shape index (κ3) is 3.28. The molecule has 0 heterocycles. The third-order valence-electron chi connectivity index (χ3n) is 2.43. The molecule has 0 aliphatic carbocycles. The average Bonchev–Trinajstić information content (AvgIpc) is 2.37. The van der Waals surface area contributed by atoms with E-state index in [2.05, 4.69) is 0 Å². The fraction of sp³-hybridized carbons (Fsp3) is 0. The fourth-order valence-electron chi connectivity index (χ4n) is 1.68. The Kier molecular flexibility index (Phi) is 3.58. The van der Waals surface area contributed by atoms with E-state index in [0.29, 0.717) is 22.1 Å². The van der Waals surface area contributed by atoms with Gasteiger partial charge in [0, 0.05) is 5.57 Å². The van der Waals surface area contributed by atoms with Crippen molar-refractivity contribution in [2.45, 2.75) is 0 Å². The maximum absolute atomic E-state index is 12.9. The van der Waals surface area contributed by atoms with Crippen molar-refractivity contribution in [2.24, 2.45) is 0 Å². The van der Waals surface area contributed by atoms with E-state index in [1.165, 1.54) is 0 Å². The second kappa shape index (κ2) is 5.14. The Morgan fingerprint density at radius 3 is 1.56 bits per heavy atom. The van der Waals surface area contributed by atoms with Gasteiger partial charge in [-0.25, -0.2) is 0 Å². The van der Waals surface area contributed by atoms with Gasteiger partial charge in [-0.05, 0) is 11.1 Å². The number of rotatable bonds is 3. The Morgan fingerprint density at radius 1 is 0.833 bits per heavy atom. The molecule has 18 heavy (non-hydrogen) atoms. The first-order valence-corrected chi connectivity index (χ1v) is 6.78. The van der Waals surface area contributed by atoms with Crippen molar-refractivity contribution < 1.29 is 12.3 Å². The highest BCUT2D eigenvalue weighted by Crippen LogP contribution is 2.24. The lowest BCUT2D eigenvalue weighted by molar-refractivity contribution is 0.563. The van der Waals surface area contributed by atoms with Gasteiger partial charge in [-0.15, -0.1) is 3.89 Å². The quantitative estimate of drug-likeness (QED) is 0.795. The molecule has 92 valence electrons. The third-order valence-corrected chi connectivity index (χ3v) is 2.95. The van der Waals surface area contributed by atoms with Gasteiger partial charge in [0.2, 0.25) is 0 Å². The van der Waals surface area contributed by atoms with Crippen LogP contribution in [0.3, 0.4) is 0 Å². The lowest BCUT2D eigenvalue weighted by atomic mass is 10.00. The van der Waals surface area contributed by atoms with Crippen molar-refractivity contribution in [2.75, 3.05) is 0 Å². The van der Waals surface area contributed by atoms with Gasteiger partial charge in [-0.3, -0.25) is 0 Å². The Balaban J connectivity index is 2.60. The molecule has 2 rings (SSSR count). The zero-order chi connectivity index (χ0) is 13.0. The van der Waals surface area contributed by atoms with Crippen LogP contribution >= 0.6 is 0 Å². The molecule has 0 amide bonds. The molecule has 2 aromatic carbocycles. The van der Waals surface area contributed by atoms with Crippen LogP contribution in [-0.4, -0.2) is 8.42 Å². The first kappa shape index (κ1) is 12.5. The van der Waals surface area contributed by atoms with Crippen LogP contribution in [0.5, 0.6) is 0 Å². The van der Waals surface area contributed by atoms with E-state index in [-0.39, 0.29) is 0 Å². The monoisotopic (exact) mass is 262 g/mol. The van der Waals surface area contributed by atoms with E-state index in [9.17, 15) is 12.3 Å². The van der Waals surface area contributed by atoms with E-state index in [0.717, 1.165) is 0 Å². The Labute approximate surface area is 106 Å². The molecule has 0 fully saturated rings. The highest BCUT2D eigenvalue weighted by Gasteiger charge is 2.10. The summed E-state index contributed by atoms with van der Waals surface area (Å²) in [5.41, 5.74) is 1.66. The number of hydrogen-bond donors (Lipinski definition) is 0. The maximum Gasteiger partial charge on any atom is 0.325 e. The molecule has 0 unspecified atom stereocenters. The molecular weight excluding hydrogens is 251 g/mol. The summed E-state index contributed by atoms with van der Waals surface area (Å²) in [6, 6.07) is 17.7. The topological polar surface area (TPSA) is 34.1 Å². The van der Waals surface area contributed by atoms with Gasteiger partial charge >= 0.3 is 10.2 Å². The van der Waals surface area contributed by atoms with Gasteiger partial charge in [0.1, 0.15) is 0 Å². The molecule has 0 bridgehead atoms. The van der Waals surface area contributed by atoms with Gasteiger partial charge in [-0.2, -0.15) is 8.42 Å². The lowest BCUT2D eigenvalue weighted by Gasteiger charge is -2.06. The second-order valence-electron chi connectivity index (χ2n) is 3.74. The highest BCUT2D eigenvalue weighted by atomic mass is 32.3. The summed E-state index contributed by atoms with van der Waals surface area (Å²) in [5, 5.41) is 0.650. The van der Waals surface area contributed by atoms with Crippen molar-refractivity contribution in [1.82, 2.24) is 0 Å². The molecule has 0 aliphatic heterocycles. The Morgan fingerprint density at radius 2 is 1.22 bits per heavy atom. The molecule has 0 atom stereocenters. The van der Waals surface area contributed by atoms with Gasteiger partial charge in [0.15, 0.2) is 0 Å². The smallest absolute Gasteiger partial charge is 0.190 e. The molecule has 0 aliphatic rings. The standard InChI is InChI=1S/C14H11FO2S/c15-18(16,17)11-14(12-7-3-1-4-8-12)13-9-5-2-6-10-13/h1-11H. The fourth-order valence-corrected chi connectivity index (χ4v) is 2.23. The lowest BCUT2D eigenvalue weighted by Crippen LogP contribution is -1.92. The van der Waals surface area contributed by atoms with E-state index in [4.69, 9.17) is 0 Å². The van der Waals surface area contributed by atoms with Crippen LogP contribution in [0, 0.1) is 0 Å². The molecule has 0 radical (unpaired) electrons.